The van der Waals surface area contributed by atoms with Gasteiger partial charge < -0.3 is 9.80 Å². The Labute approximate surface area is 147 Å². The lowest BCUT2D eigenvalue weighted by Crippen LogP contribution is -2.42. The molecule has 0 bridgehead atoms. The summed E-state index contributed by atoms with van der Waals surface area (Å²) in [5, 5.41) is 0. The van der Waals surface area contributed by atoms with Gasteiger partial charge in [0.25, 0.3) is 0 Å². The highest BCUT2D eigenvalue weighted by Gasteiger charge is 2.39. The van der Waals surface area contributed by atoms with Crippen molar-refractivity contribution in [1.82, 2.24) is 9.80 Å². The smallest absolute Gasteiger partial charge is 0.228 e. The van der Waals surface area contributed by atoms with E-state index in [9.17, 15) is 14.0 Å². The Morgan fingerprint density at radius 3 is 2.60 bits per heavy atom. The lowest BCUT2D eigenvalue weighted by Gasteiger charge is -2.27. The number of fused-ring (bicyclic) bond motifs is 1. The Morgan fingerprint density at radius 2 is 1.80 bits per heavy atom. The van der Waals surface area contributed by atoms with E-state index in [1.165, 1.54) is 18.6 Å². The highest BCUT2D eigenvalue weighted by atomic mass is 19.1. The van der Waals surface area contributed by atoms with E-state index in [4.69, 9.17) is 0 Å². The largest absolute Gasteiger partial charge is 0.341 e. The van der Waals surface area contributed by atoms with Crippen LogP contribution in [0.15, 0.2) is 24.3 Å². The van der Waals surface area contributed by atoms with E-state index in [0.29, 0.717) is 18.3 Å². The van der Waals surface area contributed by atoms with Crippen molar-refractivity contribution < 1.29 is 14.0 Å². The molecule has 3 aliphatic heterocycles. The van der Waals surface area contributed by atoms with Crippen molar-refractivity contribution >= 4 is 17.5 Å². The van der Waals surface area contributed by atoms with Crippen molar-refractivity contribution in [2.45, 2.75) is 31.7 Å². The number of halogens is 1. The van der Waals surface area contributed by atoms with E-state index in [0.717, 1.165) is 39.0 Å². The monoisotopic (exact) mass is 345 g/mol. The van der Waals surface area contributed by atoms with Crippen LogP contribution in [0.3, 0.4) is 0 Å². The predicted octanol–water partition coefficient (Wildman–Crippen LogP) is 1.88. The fourth-order valence-electron chi connectivity index (χ4n) is 4.41. The van der Waals surface area contributed by atoms with E-state index < -0.39 is 0 Å². The molecule has 3 heterocycles. The molecule has 0 radical (unpaired) electrons. The van der Waals surface area contributed by atoms with Crippen molar-refractivity contribution in [3.05, 3.63) is 30.1 Å². The average Bonchev–Trinajstić information content (AvgIpc) is 3.16. The molecule has 4 rings (SSSR count). The maximum absolute atomic E-state index is 13.1. The summed E-state index contributed by atoms with van der Waals surface area (Å²) in [6.45, 7) is 4.19. The predicted molar refractivity (Wildman–Crippen MR) is 92.7 cm³/mol. The van der Waals surface area contributed by atoms with Gasteiger partial charge in [0.15, 0.2) is 0 Å². The van der Waals surface area contributed by atoms with Gasteiger partial charge in [-0.1, -0.05) is 0 Å². The molecule has 2 unspecified atom stereocenters. The number of rotatable bonds is 2. The standard InChI is InChI=1S/C19H24FN3O2/c20-15-4-6-16(7-5-15)23-12-14(11-18(23)24)19(25)22-10-2-9-21-8-1-3-17(21)13-22/h4-7,14,17H,1-3,8-13H2. The van der Waals surface area contributed by atoms with Gasteiger partial charge >= 0.3 is 0 Å². The fourth-order valence-corrected chi connectivity index (χ4v) is 4.41. The topological polar surface area (TPSA) is 43.9 Å². The van der Waals surface area contributed by atoms with Gasteiger partial charge in [0.05, 0.1) is 5.92 Å². The third kappa shape index (κ3) is 3.27. The molecule has 3 saturated heterocycles. The first-order valence-corrected chi connectivity index (χ1v) is 9.20. The Balaban J connectivity index is 1.44. The third-order valence-corrected chi connectivity index (χ3v) is 5.73. The number of carbonyl (C=O) groups is 2. The lowest BCUT2D eigenvalue weighted by atomic mass is 10.1. The molecule has 6 heteroatoms. The highest BCUT2D eigenvalue weighted by molar-refractivity contribution is 6.00. The Hall–Kier alpha value is -1.95. The van der Waals surface area contributed by atoms with Crippen LogP contribution in [-0.4, -0.2) is 60.4 Å². The number of carbonyl (C=O) groups excluding carboxylic acids is 2. The molecule has 0 N–H and O–H groups in total. The zero-order valence-corrected chi connectivity index (χ0v) is 14.4. The maximum atomic E-state index is 13.1. The molecule has 2 atom stereocenters. The molecule has 3 fully saturated rings. The Kier molecular flexibility index (Phi) is 4.46. The van der Waals surface area contributed by atoms with Crippen LogP contribution in [0.4, 0.5) is 10.1 Å². The molecule has 2 amide bonds. The van der Waals surface area contributed by atoms with Gasteiger partial charge in [-0.15, -0.1) is 0 Å². The number of nitrogens with zero attached hydrogens (tertiary/aromatic N) is 3. The second kappa shape index (κ2) is 6.75. The molecular formula is C19H24FN3O2. The highest BCUT2D eigenvalue weighted by Crippen LogP contribution is 2.28. The molecule has 134 valence electrons. The molecule has 3 aliphatic rings. The number of benzene rings is 1. The first-order valence-electron chi connectivity index (χ1n) is 9.20. The van der Waals surface area contributed by atoms with Gasteiger partial charge in [-0.2, -0.15) is 0 Å². The number of amides is 2. The average molecular weight is 345 g/mol. The van der Waals surface area contributed by atoms with Crippen molar-refractivity contribution in [3.8, 4) is 0 Å². The summed E-state index contributed by atoms with van der Waals surface area (Å²) in [6, 6.07) is 6.38. The zero-order chi connectivity index (χ0) is 17.4. The molecule has 0 saturated carbocycles. The molecule has 1 aromatic carbocycles. The summed E-state index contributed by atoms with van der Waals surface area (Å²) in [5.41, 5.74) is 0.666. The first-order chi connectivity index (χ1) is 12.1. The van der Waals surface area contributed by atoms with Gasteiger partial charge in [0, 0.05) is 44.3 Å². The summed E-state index contributed by atoms with van der Waals surface area (Å²) in [6.07, 6.45) is 3.63. The Morgan fingerprint density at radius 1 is 1.04 bits per heavy atom. The molecule has 0 aliphatic carbocycles. The van der Waals surface area contributed by atoms with Gasteiger partial charge in [-0.25, -0.2) is 4.39 Å². The van der Waals surface area contributed by atoms with E-state index >= 15 is 0 Å². The summed E-state index contributed by atoms with van der Waals surface area (Å²) in [7, 11) is 0. The minimum absolute atomic E-state index is 0.0535. The van der Waals surface area contributed by atoms with Crippen LogP contribution in [0.5, 0.6) is 0 Å². The number of anilines is 1. The Bertz CT molecular complexity index is 663. The van der Waals surface area contributed by atoms with E-state index in [-0.39, 0.29) is 30.0 Å². The van der Waals surface area contributed by atoms with E-state index in [1.54, 1.807) is 17.0 Å². The SMILES string of the molecule is O=C(C1CC(=O)N(c2ccc(F)cc2)C1)N1CCCN2CCCC2C1. The van der Waals surface area contributed by atoms with Crippen LogP contribution < -0.4 is 4.90 Å². The van der Waals surface area contributed by atoms with Crippen LogP contribution in [0.2, 0.25) is 0 Å². The molecule has 1 aromatic rings. The second-order valence-corrected chi connectivity index (χ2v) is 7.35. The van der Waals surface area contributed by atoms with Crippen LogP contribution >= 0.6 is 0 Å². The van der Waals surface area contributed by atoms with Crippen LogP contribution in [-0.2, 0) is 9.59 Å². The first kappa shape index (κ1) is 16.5. The molecular weight excluding hydrogens is 321 g/mol. The fraction of sp³-hybridized carbons (Fsp3) is 0.579. The molecule has 5 nitrogen and oxygen atoms in total. The molecule has 0 spiro atoms. The van der Waals surface area contributed by atoms with E-state index in [2.05, 4.69) is 4.90 Å². The van der Waals surface area contributed by atoms with Crippen LogP contribution in [0.1, 0.15) is 25.7 Å². The molecule has 0 aromatic heterocycles. The van der Waals surface area contributed by atoms with Crippen molar-refractivity contribution in [1.29, 1.82) is 0 Å². The van der Waals surface area contributed by atoms with Gasteiger partial charge in [-0.3, -0.25) is 14.5 Å². The van der Waals surface area contributed by atoms with Crippen molar-refractivity contribution in [2.75, 3.05) is 37.6 Å². The minimum atomic E-state index is -0.325. The van der Waals surface area contributed by atoms with Gasteiger partial charge in [0.1, 0.15) is 5.82 Å². The van der Waals surface area contributed by atoms with Crippen LogP contribution in [0, 0.1) is 11.7 Å². The maximum Gasteiger partial charge on any atom is 0.228 e. The zero-order valence-electron chi connectivity index (χ0n) is 14.4. The van der Waals surface area contributed by atoms with Crippen molar-refractivity contribution in [2.24, 2.45) is 5.92 Å². The summed E-state index contributed by atoms with van der Waals surface area (Å²) >= 11 is 0. The summed E-state index contributed by atoms with van der Waals surface area (Å²) < 4.78 is 13.1. The number of hydrogen-bond acceptors (Lipinski definition) is 3. The number of hydrogen-bond donors (Lipinski definition) is 0. The summed E-state index contributed by atoms with van der Waals surface area (Å²) in [4.78, 5) is 31.4. The lowest BCUT2D eigenvalue weighted by molar-refractivity contribution is -0.136. The second-order valence-electron chi connectivity index (χ2n) is 7.35. The normalized spacial score (nSPS) is 27.5. The van der Waals surface area contributed by atoms with Crippen LogP contribution in [0.25, 0.3) is 0 Å². The molecule has 25 heavy (non-hydrogen) atoms. The quantitative estimate of drug-likeness (QED) is 0.822. The van der Waals surface area contributed by atoms with Gasteiger partial charge in [0.2, 0.25) is 11.8 Å². The third-order valence-electron chi connectivity index (χ3n) is 5.73. The van der Waals surface area contributed by atoms with Crippen molar-refractivity contribution in [3.63, 3.8) is 0 Å². The van der Waals surface area contributed by atoms with Gasteiger partial charge in [-0.05, 0) is 50.1 Å². The van der Waals surface area contributed by atoms with E-state index in [1.807, 2.05) is 4.90 Å². The summed E-state index contributed by atoms with van der Waals surface area (Å²) in [5.74, 6) is -0.562. The minimum Gasteiger partial charge on any atom is -0.341 e.